The van der Waals surface area contributed by atoms with Crippen molar-refractivity contribution in [1.29, 1.82) is 0 Å². The van der Waals surface area contributed by atoms with Crippen molar-refractivity contribution in [2.45, 2.75) is 19.8 Å². The van der Waals surface area contributed by atoms with Crippen LogP contribution in [0.3, 0.4) is 0 Å². The number of methoxy groups -OCH3 is 1. The highest BCUT2D eigenvalue weighted by Crippen LogP contribution is 2.39. The van der Waals surface area contributed by atoms with Crippen LogP contribution in [-0.2, 0) is 0 Å². The van der Waals surface area contributed by atoms with E-state index in [2.05, 4.69) is 13.8 Å². The minimum atomic E-state index is -0.256. The van der Waals surface area contributed by atoms with Gasteiger partial charge in [-0.25, -0.2) is 4.39 Å². The third kappa shape index (κ3) is 2.90. The third-order valence-electron chi connectivity index (χ3n) is 3.09. The second kappa shape index (κ2) is 5.62. The monoisotopic (exact) mass is 278 g/mol. The summed E-state index contributed by atoms with van der Waals surface area (Å²) >= 11 is 6.26. The van der Waals surface area contributed by atoms with Gasteiger partial charge in [0.15, 0.2) is 0 Å². The molecular formula is C16H16ClFO. The predicted octanol–water partition coefficient (Wildman–Crippen LogP) is 5.28. The number of hydrogen-bond donors (Lipinski definition) is 0. The second-order valence-corrected chi connectivity index (χ2v) is 5.15. The maximum absolute atomic E-state index is 13.0. The molecular weight excluding hydrogens is 263 g/mol. The van der Waals surface area contributed by atoms with Gasteiger partial charge in [-0.3, -0.25) is 0 Å². The van der Waals surface area contributed by atoms with Gasteiger partial charge in [0.2, 0.25) is 0 Å². The highest BCUT2D eigenvalue weighted by atomic mass is 35.5. The molecule has 19 heavy (non-hydrogen) atoms. The van der Waals surface area contributed by atoms with Crippen molar-refractivity contribution >= 4 is 11.6 Å². The molecule has 0 aromatic heterocycles. The number of benzene rings is 2. The van der Waals surface area contributed by atoms with E-state index in [0.29, 0.717) is 16.7 Å². The highest BCUT2D eigenvalue weighted by molar-refractivity contribution is 6.32. The summed E-state index contributed by atoms with van der Waals surface area (Å²) in [7, 11) is 1.59. The molecule has 0 amide bonds. The van der Waals surface area contributed by atoms with Gasteiger partial charge in [-0.2, -0.15) is 0 Å². The van der Waals surface area contributed by atoms with Crippen molar-refractivity contribution in [3.05, 3.63) is 52.8 Å². The Bertz CT molecular complexity index is 576. The molecule has 2 aromatic rings. The van der Waals surface area contributed by atoms with Crippen molar-refractivity contribution in [2.24, 2.45) is 0 Å². The molecule has 0 spiro atoms. The molecule has 0 heterocycles. The van der Waals surface area contributed by atoms with Crippen LogP contribution in [0.5, 0.6) is 5.75 Å². The SMILES string of the molecule is COc1c(Cl)cc(C(C)C)cc1-c1ccc(F)cc1. The molecule has 0 atom stereocenters. The molecule has 0 fully saturated rings. The molecule has 0 saturated carbocycles. The van der Waals surface area contributed by atoms with Crippen molar-refractivity contribution in [2.75, 3.05) is 7.11 Å². The van der Waals surface area contributed by atoms with Gasteiger partial charge in [0, 0.05) is 5.56 Å². The second-order valence-electron chi connectivity index (χ2n) is 4.75. The topological polar surface area (TPSA) is 9.23 Å². The fraction of sp³-hybridized carbons (Fsp3) is 0.250. The number of hydrogen-bond acceptors (Lipinski definition) is 1. The predicted molar refractivity (Wildman–Crippen MR) is 77.5 cm³/mol. The maximum atomic E-state index is 13.0. The molecule has 0 aliphatic heterocycles. The van der Waals surface area contributed by atoms with Crippen LogP contribution in [-0.4, -0.2) is 7.11 Å². The first-order valence-electron chi connectivity index (χ1n) is 6.16. The summed E-state index contributed by atoms with van der Waals surface area (Å²) in [5, 5.41) is 0.577. The summed E-state index contributed by atoms with van der Waals surface area (Å²) < 4.78 is 18.4. The van der Waals surface area contributed by atoms with E-state index in [9.17, 15) is 4.39 Å². The van der Waals surface area contributed by atoms with E-state index in [-0.39, 0.29) is 5.82 Å². The van der Waals surface area contributed by atoms with Gasteiger partial charge in [0.1, 0.15) is 11.6 Å². The van der Waals surface area contributed by atoms with Crippen molar-refractivity contribution in [3.63, 3.8) is 0 Å². The normalized spacial score (nSPS) is 10.8. The summed E-state index contributed by atoms with van der Waals surface area (Å²) in [5.74, 6) is 0.731. The Morgan fingerprint density at radius 3 is 2.26 bits per heavy atom. The lowest BCUT2D eigenvalue weighted by Crippen LogP contribution is -1.94. The fourth-order valence-corrected chi connectivity index (χ4v) is 2.30. The number of halogens is 2. The van der Waals surface area contributed by atoms with Crippen LogP contribution in [0.2, 0.25) is 5.02 Å². The Labute approximate surface area is 118 Å². The quantitative estimate of drug-likeness (QED) is 0.742. The van der Waals surface area contributed by atoms with Crippen LogP contribution in [0.1, 0.15) is 25.3 Å². The Balaban J connectivity index is 2.62. The lowest BCUT2D eigenvalue weighted by molar-refractivity contribution is 0.416. The maximum Gasteiger partial charge on any atom is 0.145 e. The molecule has 0 aliphatic carbocycles. The lowest BCUT2D eigenvalue weighted by Gasteiger charge is -2.15. The Morgan fingerprint density at radius 1 is 1.11 bits per heavy atom. The van der Waals surface area contributed by atoms with Gasteiger partial charge < -0.3 is 4.74 Å². The van der Waals surface area contributed by atoms with E-state index in [1.54, 1.807) is 19.2 Å². The molecule has 2 aromatic carbocycles. The number of rotatable bonds is 3. The highest BCUT2D eigenvalue weighted by Gasteiger charge is 2.13. The standard InChI is InChI=1S/C16H16ClFO/c1-10(2)12-8-14(16(19-3)15(17)9-12)11-4-6-13(18)7-5-11/h4-10H,1-3H3. The Morgan fingerprint density at radius 2 is 1.74 bits per heavy atom. The molecule has 100 valence electrons. The molecule has 0 radical (unpaired) electrons. The first-order valence-corrected chi connectivity index (χ1v) is 6.54. The molecule has 3 heteroatoms. The van der Waals surface area contributed by atoms with Gasteiger partial charge in [-0.05, 0) is 41.3 Å². The zero-order chi connectivity index (χ0) is 14.0. The van der Waals surface area contributed by atoms with E-state index in [0.717, 1.165) is 16.7 Å². The van der Waals surface area contributed by atoms with Gasteiger partial charge in [0.25, 0.3) is 0 Å². The molecule has 0 unspecified atom stereocenters. The van der Waals surface area contributed by atoms with Crippen LogP contribution in [0, 0.1) is 5.82 Å². The van der Waals surface area contributed by atoms with Gasteiger partial charge in [-0.15, -0.1) is 0 Å². The van der Waals surface area contributed by atoms with Crippen LogP contribution >= 0.6 is 11.6 Å². The third-order valence-corrected chi connectivity index (χ3v) is 3.37. The summed E-state index contributed by atoms with van der Waals surface area (Å²) in [6.45, 7) is 4.21. The van der Waals surface area contributed by atoms with Crippen LogP contribution in [0.15, 0.2) is 36.4 Å². The zero-order valence-electron chi connectivity index (χ0n) is 11.2. The van der Waals surface area contributed by atoms with E-state index in [1.165, 1.54) is 12.1 Å². The van der Waals surface area contributed by atoms with Gasteiger partial charge >= 0.3 is 0 Å². The van der Waals surface area contributed by atoms with E-state index < -0.39 is 0 Å². The summed E-state index contributed by atoms with van der Waals surface area (Å²) in [6.07, 6.45) is 0. The first kappa shape index (κ1) is 13.9. The Hall–Kier alpha value is -1.54. The fourth-order valence-electron chi connectivity index (χ4n) is 2.00. The summed E-state index contributed by atoms with van der Waals surface area (Å²) in [5.41, 5.74) is 2.91. The average Bonchev–Trinajstić information content (AvgIpc) is 2.38. The molecule has 1 nitrogen and oxygen atoms in total. The van der Waals surface area contributed by atoms with Crippen LogP contribution in [0.25, 0.3) is 11.1 Å². The van der Waals surface area contributed by atoms with E-state index in [4.69, 9.17) is 16.3 Å². The summed E-state index contributed by atoms with van der Waals surface area (Å²) in [4.78, 5) is 0. The van der Waals surface area contributed by atoms with Gasteiger partial charge in [0.05, 0.1) is 12.1 Å². The first-order chi connectivity index (χ1) is 9.02. The molecule has 0 aliphatic rings. The lowest BCUT2D eigenvalue weighted by atomic mass is 9.96. The largest absolute Gasteiger partial charge is 0.495 e. The van der Waals surface area contributed by atoms with Crippen molar-refractivity contribution in [3.8, 4) is 16.9 Å². The minimum Gasteiger partial charge on any atom is -0.495 e. The molecule has 0 bridgehead atoms. The minimum absolute atomic E-state index is 0.256. The zero-order valence-corrected chi connectivity index (χ0v) is 12.0. The van der Waals surface area contributed by atoms with E-state index >= 15 is 0 Å². The molecule has 0 saturated heterocycles. The van der Waals surface area contributed by atoms with E-state index in [1.807, 2.05) is 12.1 Å². The van der Waals surface area contributed by atoms with Crippen molar-refractivity contribution in [1.82, 2.24) is 0 Å². The smallest absolute Gasteiger partial charge is 0.145 e. The molecule has 2 rings (SSSR count). The van der Waals surface area contributed by atoms with Gasteiger partial charge in [-0.1, -0.05) is 37.6 Å². The number of ether oxygens (including phenoxy) is 1. The van der Waals surface area contributed by atoms with Crippen LogP contribution < -0.4 is 4.74 Å². The molecule has 0 N–H and O–H groups in total. The van der Waals surface area contributed by atoms with Crippen molar-refractivity contribution < 1.29 is 9.13 Å². The summed E-state index contributed by atoms with van der Waals surface area (Å²) in [6, 6.07) is 10.3. The average molecular weight is 279 g/mol. The van der Waals surface area contributed by atoms with Crippen LogP contribution in [0.4, 0.5) is 4.39 Å². The Kier molecular flexibility index (Phi) is 4.11.